The number of unbranched alkanes of at least 4 members (excludes halogenated alkanes) is 1. The number of aliphatic hydroxyl groups excluding tert-OH is 1. The van der Waals surface area contributed by atoms with Gasteiger partial charge < -0.3 is 10.0 Å². The third-order valence-electron chi connectivity index (χ3n) is 2.11. The number of likely N-dealkylation sites (tertiary alicyclic amines) is 1. The van der Waals surface area contributed by atoms with Crippen LogP contribution in [-0.2, 0) is 0 Å². The average Bonchev–Trinajstić information content (AvgIpc) is 2.37. The smallest absolute Gasteiger partial charge is 0.0679 e. The summed E-state index contributed by atoms with van der Waals surface area (Å²) in [7, 11) is 0. The molecule has 1 rings (SSSR count). The zero-order chi connectivity index (χ0) is 8.10. The number of halogens is 1. The van der Waals surface area contributed by atoms with Gasteiger partial charge in [-0.05, 0) is 25.8 Å². The minimum Gasteiger partial charge on any atom is -0.392 e. The fourth-order valence-electron chi connectivity index (χ4n) is 1.45. The van der Waals surface area contributed by atoms with Gasteiger partial charge in [0.1, 0.15) is 0 Å². The van der Waals surface area contributed by atoms with Crippen LogP contribution in [0.3, 0.4) is 0 Å². The van der Waals surface area contributed by atoms with Crippen molar-refractivity contribution in [1.29, 1.82) is 0 Å². The van der Waals surface area contributed by atoms with E-state index in [2.05, 4.69) is 4.90 Å². The molecule has 0 spiro atoms. The molecular weight excluding hydrogens is 162 g/mol. The molecule has 3 heteroatoms. The van der Waals surface area contributed by atoms with Crippen LogP contribution in [0.2, 0.25) is 0 Å². The zero-order valence-electron chi connectivity index (χ0n) is 6.80. The van der Waals surface area contributed by atoms with Crippen molar-refractivity contribution >= 4 is 11.6 Å². The molecule has 0 aromatic carbocycles. The van der Waals surface area contributed by atoms with Gasteiger partial charge in [-0.1, -0.05) is 0 Å². The molecule has 66 valence electrons. The molecule has 0 saturated carbocycles. The molecule has 1 N–H and O–H groups in total. The van der Waals surface area contributed by atoms with E-state index in [4.69, 9.17) is 11.6 Å². The van der Waals surface area contributed by atoms with Crippen molar-refractivity contribution < 1.29 is 5.11 Å². The maximum atomic E-state index is 9.19. The molecule has 1 aliphatic heterocycles. The maximum Gasteiger partial charge on any atom is 0.0679 e. The molecule has 0 bridgehead atoms. The SMILES string of the molecule is O[C@@H]1CCN(CCCCCl)C1. The second-order valence-corrected chi connectivity index (χ2v) is 3.52. The van der Waals surface area contributed by atoms with Gasteiger partial charge in [-0.25, -0.2) is 0 Å². The molecule has 1 saturated heterocycles. The van der Waals surface area contributed by atoms with Gasteiger partial charge in [0.2, 0.25) is 0 Å². The lowest BCUT2D eigenvalue weighted by Crippen LogP contribution is -2.23. The first-order valence-electron chi connectivity index (χ1n) is 4.29. The highest BCUT2D eigenvalue weighted by molar-refractivity contribution is 6.17. The average molecular weight is 178 g/mol. The van der Waals surface area contributed by atoms with E-state index in [0.717, 1.165) is 44.8 Å². The first-order valence-corrected chi connectivity index (χ1v) is 4.83. The second-order valence-electron chi connectivity index (χ2n) is 3.14. The van der Waals surface area contributed by atoms with Gasteiger partial charge in [-0.15, -0.1) is 11.6 Å². The van der Waals surface area contributed by atoms with Crippen LogP contribution in [0, 0.1) is 0 Å². The highest BCUT2D eigenvalue weighted by Gasteiger charge is 2.18. The Balaban J connectivity index is 1.99. The van der Waals surface area contributed by atoms with E-state index >= 15 is 0 Å². The number of β-amino-alcohol motifs (C(OH)–C–C–N with tert-alkyl or cyclic N) is 1. The summed E-state index contributed by atoms with van der Waals surface area (Å²) in [5.74, 6) is 0.760. The Labute approximate surface area is 73.1 Å². The van der Waals surface area contributed by atoms with Crippen LogP contribution in [0.4, 0.5) is 0 Å². The van der Waals surface area contributed by atoms with Crippen molar-refractivity contribution in [3.63, 3.8) is 0 Å². The molecule has 1 atom stereocenters. The summed E-state index contributed by atoms with van der Waals surface area (Å²) < 4.78 is 0. The Bertz CT molecular complexity index is 110. The number of rotatable bonds is 4. The normalized spacial score (nSPS) is 26.2. The van der Waals surface area contributed by atoms with E-state index in [0.29, 0.717) is 0 Å². The first kappa shape index (κ1) is 9.30. The number of hydrogen-bond acceptors (Lipinski definition) is 2. The molecule has 1 fully saturated rings. The van der Waals surface area contributed by atoms with Gasteiger partial charge in [-0.3, -0.25) is 0 Å². The maximum absolute atomic E-state index is 9.19. The minimum absolute atomic E-state index is 0.0778. The van der Waals surface area contributed by atoms with E-state index < -0.39 is 0 Å². The Morgan fingerprint density at radius 2 is 2.27 bits per heavy atom. The lowest BCUT2D eigenvalue weighted by molar-refractivity contribution is 0.176. The van der Waals surface area contributed by atoms with Crippen LogP contribution in [0.5, 0.6) is 0 Å². The van der Waals surface area contributed by atoms with Crippen molar-refractivity contribution in [2.24, 2.45) is 0 Å². The predicted molar refractivity (Wildman–Crippen MR) is 47.0 cm³/mol. The molecule has 0 radical (unpaired) electrons. The first-order chi connectivity index (χ1) is 5.33. The quantitative estimate of drug-likeness (QED) is 0.513. The zero-order valence-corrected chi connectivity index (χ0v) is 7.56. The van der Waals surface area contributed by atoms with Crippen LogP contribution >= 0.6 is 11.6 Å². The van der Waals surface area contributed by atoms with Gasteiger partial charge >= 0.3 is 0 Å². The Kier molecular flexibility index (Phi) is 4.20. The Morgan fingerprint density at radius 1 is 1.45 bits per heavy atom. The highest BCUT2D eigenvalue weighted by atomic mass is 35.5. The fourth-order valence-corrected chi connectivity index (χ4v) is 1.63. The summed E-state index contributed by atoms with van der Waals surface area (Å²) in [6, 6.07) is 0. The number of nitrogens with zero attached hydrogens (tertiary/aromatic N) is 1. The Morgan fingerprint density at radius 3 is 2.82 bits per heavy atom. The molecule has 11 heavy (non-hydrogen) atoms. The minimum atomic E-state index is -0.0778. The van der Waals surface area contributed by atoms with Crippen LogP contribution in [0.15, 0.2) is 0 Å². The molecule has 0 amide bonds. The molecule has 2 nitrogen and oxygen atoms in total. The number of hydrogen-bond donors (Lipinski definition) is 1. The lowest BCUT2D eigenvalue weighted by Gasteiger charge is -2.13. The van der Waals surface area contributed by atoms with Crippen LogP contribution in [0.1, 0.15) is 19.3 Å². The van der Waals surface area contributed by atoms with E-state index in [1.807, 2.05) is 0 Å². The van der Waals surface area contributed by atoms with Crippen molar-refractivity contribution in [3.05, 3.63) is 0 Å². The number of alkyl halides is 1. The van der Waals surface area contributed by atoms with E-state index in [1.165, 1.54) is 0 Å². The summed E-state index contributed by atoms with van der Waals surface area (Å²) in [5, 5.41) is 9.19. The summed E-state index contributed by atoms with van der Waals surface area (Å²) in [6.07, 6.45) is 3.12. The van der Waals surface area contributed by atoms with Crippen LogP contribution < -0.4 is 0 Å². The van der Waals surface area contributed by atoms with Gasteiger partial charge in [0.25, 0.3) is 0 Å². The molecule has 0 unspecified atom stereocenters. The van der Waals surface area contributed by atoms with E-state index in [9.17, 15) is 5.11 Å². The van der Waals surface area contributed by atoms with Crippen molar-refractivity contribution in [2.75, 3.05) is 25.5 Å². The molecule has 0 aromatic heterocycles. The summed E-state index contributed by atoms with van der Waals surface area (Å²) >= 11 is 5.55. The fraction of sp³-hybridized carbons (Fsp3) is 1.00. The Hall–Kier alpha value is 0.210. The summed E-state index contributed by atoms with van der Waals surface area (Å²) in [6.45, 7) is 3.02. The molecule has 1 heterocycles. The van der Waals surface area contributed by atoms with Crippen LogP contribution in [0.25, 0.3) is 0 Å². The second kappa shape index (κ2) is 4.96. The lowest BCUT2D eigenvalue weighted by atomic mass is 10.3. The van der Waals surface area contributed by atoms with Gasteiger partial charge in [0.05, 0.1) is 6.10 Å². The predicted octanol–water partition coefficient (Wildman–Crippen LogP) is 1.07. The van der Waals surface area contributed by atoms with Crippen molar-refractivity contribution in [2.45, 2.75) is 25.4 Å². The van der Waals surface area contributed by atoms with E-state index in [-0.39, 0.29) is 6.10 Å². The standard InChI is InChI=1S/C8H16ClNO/c9-4-1-2-5-10-6-3-8(11)7-10/h8,11H,1-7H2/t8-/m1/s1. The van der Waals surface area contributed by atoms with Crippen molar-refractivity contribution in [1.82, 2.24) is 4.90 Å². The molecular formula is C8H16ClNO. The topological polar surface area (TPSA) is 23.5 Å². The van der Waals surface area contributed by atoms with Crippen molar-refractivity contribution in [3.8, 4) is 0 Å². The summed E-state index contributed by atoms with van der Waals surface area (Å²) in [4.78, 5) is 2.30. The molecule has 0 aliphatic carbocycles. The third-order valence-corrected chi connectivity index (χ3v) is 2.37. The highest BCUT2D eigenvalue weighted by Crippen LogP contribution is 2.09. The largest absolute Gasteiger partial charge is 0.392 e. The van der Waals surface area contributed by atoms with E-state index in [1.54, 1.807) is 0 Å². The summed E-state index contributed by atoms with van der Waals surface area (Å²) in [5.41, 5.74) is 0. The van der Waals surface area contributed by atoms with Gasteiger partial charge in [0.15, 0.2) is 0 Å². The molecule has 0 aromatic rings. The van der Waals surface area contributed by atoms with Gasteiger partial charge in [0, 0.05) is 19.0 Å². The number of aliphatic hydroxyl groups is 1. The van der Waals surface area contributed by atoms with Gasteiger partial charge in [-0.2, -0.15) is 0 Å². The van der Waals surface area contributed by atoms with Crippen LogP contribution in [-0.4, -0.2) is 41.6 Å². The third kappa shape index (κ3) is 3.41. The monoisotopic (exact) mass is 177 g/mol. The molecule has 1 aliphatic rings.